The molecule has 0 N–H and O–H groups in total. The second-order valence-electron chi connectivity index (χ2n) is 19.1. The molecule has 342 valence electrons. The van der Waals surface area contributed by atoms with E-state index in [1.54, 1.807) is 0 Å². The van der Waals surface area contributed by atoms with Gasteiger partial charge < -0.3 is 13.7 Å². The molecule has 0 spiro atoms. The number of unbranched alkanes of at least 4 members (excludes halogenated alkanes) is 5. The van der Waals surface area contributed by atoms with E-state index in [0.717, 1.165) is 73.6 Å². The van der Waals surface area contributed by atoms with E-state index in [2.05, 4.69) is 239 Å². The number of hydrogen-bond acceptors (Lipinski definition) is 2. The van der Waals surface area contributed by atoms with Gasteiger partial charge >= 0.3 is 0 Å². The lowest BCUT2D eigenvalue weighted by Crippen LogP contribution is -2.02. The van der Waals surface area contributed by atoms with E-state index in [0.29, 0.717) is 5.82 Å². The van der Waals surface area contributed by atoms with Crippen molar-refractivity contribution in [2.24, 2.45) is 0 Å². The summed E-state index contributed by atoms with van der Waals surface area (Å²) in [4.78, 5) is 10.9. The van der Waals surface area contributed by atoms with E-state index >= 15 is 0 Å². The molecule has 0 aliphatic heterocycles. The Bertz CT molecular complexity index is 3800. The Hall–Kier alpha value is -8.54. The van der Waals surface area contributed by atoms with Gasteiger partial charge in [0, 0.05) is 66.1 Å². The molecule has 9 aromatic carbocycles. The maximum absolute atomic E-state index is 5.52. The third-order valence-corrected chi connectivity index (χ3v) is 14.6. The van der Waals surface area contributed by atoms with Crippen LogP contribution in [0.25, 0.3) is 116 Å². The van der Waals surface area contributed by atoms with Crippen LogP contribution in [0.3, 0.4) is 0 Å². The first kappa shape index (κ1) is 42.6. The largest absolute Gasteiger partial charge is 0.309 e. The van der Waals surface area contributed by atoms with Gasteiger partial charge in [0.15, 0.2) is 5.82 Å². The lowest BCUT2D eigenvalue weighted by molar-refractivity contribution is 0.607. The smallest absolute Gasteiger partial charge is 0.160 e. The van der Waals surface area contributed by atoms with Crippen LogP contribution in [0.1, 0.15) is 51.0 Å². The highest BCUT2D eigenvalue weighted by Gasteiger charge is 2.20. The van der Waals surface area contributed by atoms with E-state index in [1.807, 2.05) is 0 Å². The summed E-state index contributed by atoms with van der Waals surface area (Å²) in [6.07, 6.45) is 8.80. The maximum Gasteiger partial charge on any atom is 0.160 e. The van der Waals surface area contributed by atoms with Gasteiger partial charge in [-0.1, -0.05) is 185 Å². The zero-order chi connectivity index (χ0) is 47.3. The van der Waals surface area contributed by atoms with Crippen LogP contribution in [0.5, 0.6) is 0 Å². The number of aryl methyl sites for hydroxylation is 1. The number of benzene rings is 9. The van der Waals surface area contributed by atoms with Crippen molar-refractivity contribution in [1.82, 2.24) is 23.7 Å². The fourth-order valence-corrected chi connectivity index (χ4v) is 11.2. The first-order chi connectivity index (χ1) is 35.2. The predicted molar refractivity (Wildman–Crippen MR) is 298 cm³/mol. The topological polar surface area (TPSA) is 40.6 Å². The zero-order valence-corrected chi connectivity index (χ0v) is 40.0. The average Bonchev–Trinajstić information content (AvgIpc) is 4.08. The van der Waals surface area contributed by atoms with Crippen LogP contribution in [-0.2, 0) is 6.42 Å². The van der Waals surface area contributed by atoms with Gasteiger partial charge in [-0.25, -0.2) is 9.97 Å². The summed E-state index contributed by atoms with van der Waals surface area (Å²) >= 11 is 0. The van der Waals surface area contributed by atoms with E-state index in [-0.39, 0.29) is 0 Å². The highest BCUT2D eigenvalue weighted by atomic mass is 15.0. The van der Waals surface area contributed by atoms with Crippen molar-refractivity contribution in [2.75, 3.05) is 0 Å². The summed E-state index contributed by atoms with van der Waals surface area (Å²) in [7, 11) is 0. The number of aromatic nitrogens is 5. The molecule has 0 fully saturated rings. The third kappa shape index (κ3) is 7.57. The highest BCUT2D eigenvalue weighted by Crippen LogP contribution is 2.39. The number of rotatable bonds is 13. The second-order valence-corrected chi connectivity index (χ2v) is 19.1. The normalized spacial score (nSPS) is 11.8. The van der Waals surface area contributed by atoms with Gasteiger partial charge in [0.05, 0.1) is 44.5 Å². The molecular formula is C66H53N5. The van der Waals surface area contributed by atoms with E-state index < -0.39 is 0 Å². The summed E-state index contributed by atoms with van der Waals surface area (Å²) in [6.45, 7) is 2.28. The Kier molecular flexibility index (Phi) is 10.8. The molecule has 0 saturated heterocycles. The minimum absolute atomic E-state index is 0.704. The van der Waals surface area contributed by atoms with E-state index in [4.69, 9.17) is 9.97 Å². The Morgan fingerprint density at radius 2 is 0.676 bits per heavy atom. The zero-order valence-electron chi connectivity index (χ0n) is 40.0. The third-order valence-electron chi connectivity index (χ3n) is 14.6. The quantitative estimate of drug-likeness (QED) is 0.108. The maximum atomic E-state index is 5.52. The van der Waals surface area contributed by atoms with Gasteiger partial charge in [0.2, 0.25) is 0 Å². The fraction of sp³-hybridized carbons (Fsp3) is 0.121. The molecule has 4 heterocycles. The first-order valence-corrected chi connectivity index (χ1v) is 25.4. The lowest BCUT2D eigenvalue weighted by Gasteiger charge is -2.16. The molecule has 0 unspecified atom stereocenters. The van der Waals surface area contributed by atoms with Gasteiger partial charge in [-0.05, 0) is 91.2 Å². The Morgan fingerprint density at radius 1 is 0.310 bits per heavy atom. The predicted octanol–water partition coefficient (Wildman–Crippen LogP) is 17.7. The molecule has 0 atom stereocenters. The average molecular weight is 916 g/mol. The van der Waals surface area contributed by atoms with Crippen LogP contribution in [0.15, 0.2) is 218 Å². The standard InChI is InChI=1S/C66H53N5/c1-2-3-4-5-6-7-20-45-33-35-47(36-34-45)66-67-58(46-37-39-49(40-38-46)69-60-27-14-8-21-52(60)53-22-9-15-28-61(53)69)44-59(68-66)48-41-50(70-62-29-16-10-23-54(62)55-24-11-17-30-63(55)70)43-51(42-48)71-64-31-18-12-25-56(64)57-26-13-19-32-65(57)71/h8-19,21-44H,2-7,20H2,1H3. The first-order valence-electron chi connectivity index (χ1n) is 25.4. The summed E-state index contributed by atoms with van der Waals surface area (Å²) in [5, 5.41) is 7.40. The summed E-state index contributed by atoms with van der Waals surface area (Å²) in [5.74, 6) is 0.704. The minimum Gasteiger partial charge on any atom is -0.309 e. The molecular weight excluding hydrogens is 863 g/mol. The van der Waals surface area contributed by atoms with E-state index in [1.165, 1.54) is 87.4 Å². The molecule has 0 amide bonds. The monoisotopic (exact) mass is 915 g/mol. The SMILES string of the molecule is CCCCCCCCc1ccc(-c2nc(-c3ccc(-n4c5ccccc5c5ccccc54)cc3)cc(-c3cc(-n4c5ccccc5c5ccccc54)cc(-n4c5ccccc5c5ccccc54)c3)n2)cc1. The molecule has 13 aromatic rings. The Labute approximate surface area is 413 Å². The number of fused-ring (bicyclic) bond motifs is 9. The Balaban J connectivity index is 0.999. The molecule has 0 bridgehead atoms. The molecule has 5 nitrogen and oxygen atoms in total. The molecule has 5 heteroatoms. The van der Waals surface area contributed by atoms with Crippen LogP contribution in [0.4, 0.5) is 0 Å². The van der Waals surface area contributed by atoms with Crippen molar-refractivity contribution in [1.29, 1.82) is 0 Å². The van der Waals surface area contributed by atoms with Crippen molar-refractivity contribution in [2.45, 2.75) is 51.9 Å². The molecule has 0 aliphatic rings. The van der Waals surface area contributed by atoms with Crippen LogP contribution in [0, 0.1) is 0 Å². The molecule has 13 rings (SSSR count). The van der Waals surface area contributed by atoms with Crippen LogP contribution < -0.4 is 0 Å². The fourth-order valence-electron chi connectivity index (χ4n) is 11.2. The molecule has 0 aliphatic carbocycles. The molecule has 4 aromatic heterocycles. The number of hydrogen-bond donors (Lipinski definition) is 0. The van der Waals surface area contributed by atoms with Crippen LogP contribution in [0.2, 0.25) is 0 Å². The van der Waals surface area contributed by atoms with Crippen molar-refractivity contribution >= 4 is 65.4 Å². The van der Waals surface area contributed by atoms with Gasteiger partial charge in [-0.3, -0.25) is 0 Å². The molecule has 0 saturated carbocycles. The second kappa shape index (κ2) is 18.1. The molecule has 0 radical (unpaired) electrons. The van der Waals surface area contributed by atoms with Gasteiger partial charge in [-0.2, -0.15) is 0 Å². The lowest BCUT2D eigenvalue weighted by atomic mass is 10.0. The Morgan fingerprint density at radius 3 is 1.11 bits per heavy atom. The highest BCUT2D eigenvalue weighted by molar-refractivity contribution is 6.11. The molecule has 71 heavy (non-hydrogen) atoms. The van der Waals surface area contributed by atoms with Crippen molar-refractivity contribution < 1.29 is 0 Å². The van der Waals surface area contributed by atoms with Crippen molar-refractivity contribution in [3.05, 3.63) is 224 Å². The van der Waals surface area contributed by atoms with Gasteiger partial charge in [0.1, 0.15) is 0 Å². The van der Waals surface area contributed by atoms with Crippen LogP contribution in [-0.4, -0.2) is 23.7 Å². The summed E-state index contributed by atoms with van der Waals surface area (Å²) in [5.41, 5.74) is 16.4. The van der Waals surface area contributed by atoms with Crippen molar-refractivity contribution in [3.8, 4) is 51.0 Å². The van der Waals surface area contributed by atoms with E-state index in [9.17, 15) is 0 Å². The number of para-hydroxylation sites is 6. The van der Waals surface area contributed by atoms with Crippen LogP contribution >= 0.6 is 0 Å². The van der Waals surface area contributed by atoms with Gasteiger partial charge in [-0.15, -0.1) is 0 Å². The van der Waals surface area contributed by atoms with Gasteiger partial charge in [0.25, 0.3) is 0 Å². The summed E-state index contributed by atoms with van der Waals surface area (Å²) in [6, 6.07) is 79.5. The van der Waals surface area contributed by atoms with Crippen molar-refractivity contribution in [3.63, 3.8) is 0 Å². The minimum atomic E-state index is 0.704. The number of nitrogens with zero attached hydrogens (tertiary/aromatic N) is 5. The summed E-state index contributed by atoms with van der Waals surface area (Å²) < 4.78 is 7.21.